The van der Waals surface area contributed by atoms with Gasteiger partial charge in [0.05, 0.1) is 37.0 Å². The molecule has 8 nitrogen and oxygen atoms in total. The van der Waals surface area contributed by atoms with Gasteiger partial charge in [-0.05, 0) is 39.5 Å². The first-order chi connectivity index (χ1) is 18.1. The van der Waals surface area contributed by atoms with Crippen molar-refractivity contribution in [3.05, 3.63) is 0 Å². The van der Waals surface area contributed by atoms with Crippen LogP contribution in [0.4, 0.5) is 0 Å². The number of aliphatic carboxylic acids is 2. The number of hydrogen-bond acceptors (Lipinski definition) is 8. The number of hydrogen-bond donors (Lipinski definition) is 0. The monoisotopic (exact) mass is 604 g/mol. The van der Waals surface area contributed by atoms with Gasteiger partial charge in [0.25, 0.3) is 0 Å². The Morgan fingerprint density at radius 3 is 1.02 bits per heavy atom. The number of carboxylic acids is 2. The van der Waals surface area contributed by atoms with E-state index in [1.807, 2.05) is 0 Å². The predicted molar refractivity (Wildman–Crippen MR) is 145 cm³/mol. The van der Waals surface area contributed by atoms with Crippen LogP contribution in [0.2, 0.25) is 0 Å². The number of ether oxygens (including phenoxy) is 2. The molecule has 2 atom stereocenters. The van der Waals surface area contributed by atoms with Crippen LogP contribution in [0.15, 0.2) is 0 Å². The molecule has 0 saturated carbocycles. The standard InChI is InChI=1S/2C15H28O4.K.Na/c2*1-3-4-5-6-7-8-9-10-11-13(2)19-15(18)12-14(16)17;;/h2*13H,3-12H2,1-2H3,(H,16,17);;/q;;2*+1/p-2. The fourth-order valence-electron chi connectivity index (χ4n) is 4.02. The van der Waals surface area contributed by atoms with Crippen LogP contribution in [0.3, 0.4) is 0 Å². The second kappa shape index (κ2) is 35.7. The number of rotatable bonds is 24. The van der Waals surface area contributed by atoms with E-state index < -0.39 is 36.7 Å². The average Bonchev–Trinajstić information content (AvgIpc) is 2.81. The normalized spacial score (nSPS) is 11.5. The maximum Gasteiger partial charge on any atom is 1.00 e. The van der Waals surface area contributed by atoms with Gasteiger partial charge >= 0.3 is 92.9 Å². The molecule has 0 rings (SSSR count). The van der Waals surface area contributed by atoms with E-state index in [9.17, 15) is 29.4 Å². The largest absolute Gasteiger partial charge is 1.00 e. The minimum absolute atomic E-state index is 0. The summed E-state index contributed by atoms with van der Waals surface area (Å²) in [6.07, 6.45) is 19.7. The molecular formula is C30H54KNaO8. The van der Waals surface area contributed by atoms with Crippen LogP contribution in [0, 0.1) is 0 Å². The molecule has 0 bridgehead atoms. The van der Waals surface area contributed by atoms with Gasteiger partial charge in [-0.15, -0.1) is 0 Å². The molecule has 2 unspecified atom stereocenters. The summed E-state index contributed by atoms with van der Waals surface area (Å²) in [6.45, 7) is 8.02. The maximum atomic E-state index is 11.1. The third kappa shape index (κ3) is 40.7. The van der Waals surface area contributed by atoms with Crippen LogP contribution in [0.1, 0.15) is 156 Å². The van der Waals surface area contributed by atoms with E-state index in [0.717, 1.165) is 38.5 Å². The van der Waals surface area contributed by atoms with E-state index in [1.54, 1.807) is 13.8 Å². The molecule has 40 heavy (non-hydrogen) atoms. The molecular weight excluding hydrogens is 550 g/mol. The zero-order valence-electron chi connectivity index (χ0n) is 26.6. The molecule has 224 valence electrons. The summed E-state index contributed by atoms with van der Waals surface area (Å²) in [7, 11) is 0. The summed E-state index contributed by atoms with van der Waals surface area (Å²) in [5, 5.41) is 20.4. The topological polar surface area (TPSA) is 133 Å². The van der Waals surface area contributed by atoms with Crippen molar-refractivity contribution < 1.29 is 120 Å². The van der Waals surface area contributed by atoms with Gasteiger partial charge in [-0.25, -0.2) is 0 Å². The fourth-order valence-corrected chi connectivity index (χ4v) is 4.02. The van der Waals surface area contributed by atoms with Crippen molar-refractivity contribution in [1.82, 2.24) is 0 Å². The predicted octanol–water partition coefficient (Wildman–Crippen LogP) is -0.814. The zero-order valence-corrected chi connectivity index (χ0v) is 31.7. The SMILES string of the molecule is CCCCCCCCCCC(C)OC(=O)CC(=O)[O-].CCCCCCCCCCC(C)OC(=O)CC(=O)[O-].[K+].[Na+]. The van der Waals surface area contributed by atoms with E-state index in [4.69, 9.17) is 9.47 Å². The Labute approximate surface area is 308 Å². The number of carbonyl (C=O) groups excluding carboxylic acids is 4. The summed E-state index contributed by atoms with van der Waals surface area (Å²) >= 11 is 0. The second-order valence-electron chi connectivity index (χ2n) is 10.2. The van der Waals surface area contributed by atoms with Gasteiger partial charge in [0.2, 0.25) is 0 Å². The summed E-state index contributed by atoms with van der Waals surface area (Å²) in [5.41, 5.74) is 0. The molecule has 0 aromatic rings. The van der Waals surface area contributed by atoms with Gasteiger partial charge in [0, 0.05) is 0 Å². The number of carboxylic acid groups (broad SMARTS) is 2. The molecule has 0 aliphatic heterocycles. The minimum Gasteiger partial charge on any atom is -0.550 e. The van der Waals surface area contributed by atoms with E-state index >= 15 is 0 Å². The van der Waals surface area contributed by atoms with Crippen molar-refractivity contribution in [3.8, 4) is 0 Å². The third-order valence-corrected chi connectivity index (χ3v) is 6.17. The molecule has 0 aliphatic rings. The minimum atomic E-state index is -1.38. The second-order valence-corrected chi connectivity index (χ2v) is 10.2. The Bertz CT molecular complexity index is 567. The van der Waals surface area contributed by atoms with Crippen LogP contribution >= 0.6 is 0 Å². The number of esters is 2. The molecule has 0 aromatic heterocycles. The number of carbonyl (C=O) groups is 4. The van der Waals surface area contributed by atoms with Gasteiger partial charge in [0.1, 0.15) is 0 Å². The Morgan fingerprint density at radius 1 is 0.525 bits per heavy atom. The van der Waals surface area contributed by atoms with Crippen molar-refractivity contribution in [1.29, 1.82) is 0 Å². The molecule has 10 heteroatoms. The van der Waals surface area contributed by atoms with E-state index in [1.165, 1.54) is 77.0 Å². The van der Waals surface area contributed by atoms with Gasteiger partial charge in [-0.1, -0.05) is 104 Å². The molecule has 0 heterocycles. The first-order valence-corrected chi connectivity index (χ1v) is 14.9. The first kappa shape index (κ1) is 47.4. The Hall–Kier alpha value is 0.516. The van der Waals surface area contributed by atoms with E-state index in [-0.39, 0.29) is 93.1 Å². The zero-order chi connectivity index (χ0) is 29.0. The van der Waals surface area contributed by atoms with E-state index in [2.05, 4.69) is 13.8 Å². The molecule has 0 N–H and O–H groups in total. The van der Waals surface area contributed by atoms with Crippen molar-refractivity contribution in [3.63, 3.8) is 0 Å². The van der Waals surface area contributed by atoms with Crippen LogP contribution in [0.25, 0.3) is 0 Å². The molecule has 0 radical (unpaired) electrons. The van der Waals surface area contributed by atoms with Crippen molar-refractivity contribution in [2.45, 2.75) is 168 Å². The van der Waals surface area contributed by atoms with Crippen LogP contribution in [0.5, 0.6) is 0 Å². The molecule has 0 fully saturated rings. The van der Waals surface area contributed by atoms with Crippen molar-refractivity contribution >= 4 is 23.9 Å². The number of unbranched alkanes of at least 4 members (excludes halogenated alkanes) is 14. The Morgan fingerprint density at radius 2 is 0.775 bits per heavy atom. The van der Waals surface area contributed by atoms with Gasteiger partial charge in [-0.2, -0.15) is 0 Å². The summed E-state index contributed by atoms with van der Waals surface area (Å²) in [6, 6.07) is 0. The van der Waals surface area contributed by atoms with Crippen molar-refractivity contribution in [2.75, 3.05) is 0 Å². The maximum absolute atomic E-state index is 11.1. The molecule has 0 saturated heterocycles. The van der Waals surface area contributed by atoms with Crippen LogP contribution in [-0.2, 0) is 28.7 Å². The van der Waals surface area contributed by atoms with Gasteiger partial charge in [0.15, 0.2) is 0 Å². The van der Waals surface area contributed by atoms with Crippen LogP contribution < -0.4 is 91.2 Å². The van der Waals surface area contributed by atoms with Gasteiger partial charge in [-0.3, -0.25) is 9.59 Å². The quantitative estimate of drug-likeness (QED) is 0.0605. The summed E-state index contributed by atoms with van der Waals surface area (Å²) in [4.78, 5) is 42.5. The summed E-state index contributed by atoms with van der Waals surface area (Å²) in [5.74, 6) is -4.17. The summed E-state index contributed by atoms with van der Waals surface area (Å²) < 4.78 is 9.92. The molecule has 0 aromatic carbocycles. The molecule has 0 aliphatic carbocycles. The molecule has 0 spiro atoms. The Kier molecular flexibility index (Phi) is 42.4. The molecule has 0 amide bonds. The van der Waals surface area contributed by atoms with Gasteiger partial charge < -0.3 is 29.3 Å². The first-order valence-electron chi connectivity index (χ1n) is 14.9. The average molecular weight is 605 g/mol. The van der Waals surface area contributed by atoms with E-state index in [0.29, 0.717) is 0 Å². The Balaban J connectivity index is -0.000000309. The van der Waals surface area contributed by atoms with Crippen molar-refractivity contribution in [2.24, 2.45) is 0 Å². The van der Waals surface area contributed by atoms with Crippen LogP contribution in [-0.4, -0.2) is 36.1 Å². The third-order valence-electron chi connectivity index (χ3n) is 6.17. The fraction of sp³-hybridized carbons (Fsp3) is 0.867. The smallest absolute Gasteiger partial charge is 0.550 e.